The van der Waals surface area contributed by atoms with Gasteiger partial charge in [-0.2, -0.15) is 5.26 Å². The van der Waals surface area contributed by atoms with E-state index in [2.05, 4.69) is 37.3 Å². The van der Waals surface area contributed by atoms with Crippen molar-refractivity contribution in [1.29, 1.82) is 5.26 Å². The maximum atomic E-state index is 8.80. The SMILES string of the molecule is C=Nc1ccc(C(C)c2ccc(C#N)cc2)cc1S. The minimum Gasteiger partial charge on any atom is -0.264 e. The highest BCUT2D eigenvalue weighted by Gasteiger charge is 2.10. The first-order valence-corrected chi connectivity index (χ1v) is 6.40. The van der Waals surface area contributed by atoms with Gasteiger partial charge in [-0.1, -0.05) is 25.1 Å². The highest BCUT2D eigenvalue weighted by atomic mass is 32.1. The molecule has 0 N–H and O–H groups in total. The Morgan fingerprint density at radius 1 is 1.16 bits per heavy atom. The monoisotopic (exact) mass is 266 g/mol. The molecule has 0 heterocycles. The summed E-state index contributed by atoms with van der Waals surface area (Å²) in [5, 5.41) is 8.80. The van der Waals surface area contributed by atoms with Gasteiger partial charge in [-0.15, -0.1) is 12.6 Å². The normalized spacial score (nSPS) is 11.6. The first-order chi connectivity index (χ1) is 9.15. The highest BCUT2D eigenvalue weighted by molar-refractivity contribution is 7.80. The van der Waals surface area contributed by atoms with Gasteiger partial charge in [0, 0.05) is 10.8 Å². The number of hydrogen-bond donors (Lipinski definition) is 1. The molecule has 0 aliphatic rings. The summed E-state index contributed by atoms with van der Waals surface area (Å²) < 4.78 is 0. The highest BCUT2D eigenvalue weighted by Crippen LogP contribution is 2.30. The van der Waals surface area contributed by atoms with E-state index in [-0.39, 0.29) is 5.92 Å². The number of hydrogen-bond acceptors (Lipinski definition) is 3. The summed E-state index contributed by atoms with van der Waals surface area (Å²) in [5.41, 5.74) is 3.81. The molecule has 0 bridgehead atoms. The van der Waals surface area contributed by atoms with Crippen LogP contribution >= 0.6 is 12.6 Å². The third-order valence-electron chi connectivity index (χ3n) is 3.21. The van der Waals surface area contributed by atoms with Crippen LogP contribution in [-0.4, -0.2) is 6.72 Å². The number of rotatable bonds is 3. The summed E-state index contributed by atoms with van der Waals surface area (Å²) in [6.07, 6.45) is 0. The lowest BCUT2D eigenvalue weighted by atomic mass is 9.92. The molecule has 0 amide bonds. The molecule has 0 saturated carbocycles. The second-order valence-electron chi connectivity index (χ2n) is 4.36. The number of aliphatic imine (C=N–C) groups is 1. The molecule has 1 atom stereocenters. The molecule has 0 aliphatic heterocycles. The second kappa shape index (κ2) is 5.73. The molecular formula is C16H14N2S. The third kappa shape index (κ3) is 2.86. The van der Waals surface area contributed by atoms with Gasteiger partial charge < -0.3 is 0 Å². The Morgan fingerprint density at radius 3 is 2.32 bits per heavy atom. The maximum Gasteiger partial charge on any atom is 0.0991 e. The minimum atomic E-state index is 0.248. The Labute approximate surface area is 118 Å². The number of nitriles is 1. The molecule has 19 heavy (non-hydrogen) atoms. The van der Waals surface area contributed by atoms with Crippen molar-refractivity contribution >= 4 is 25.0 Å². The van der Waals surface area contributed by atoms with E-state index in [0.717, 1.165) is 10.6 Å². The molecule has 3 heteroatoms. The summed E-state index contributed by atoms with van der Waals surface area (Å²) in [6.45, 7) is 5.64. The predicted octanol–water partition coefficient (Wildman–Crippen LogP) is 4.33. The van der Waals surface area contributed by atoms with Crippen molar-refractivity contribution in [3.05, 3.63) is 59.2 Å². The lowest BCUT2D eigenvalue weighted by molar-refractivity contribution is 0.917. The molecule has 1 unspecified atom stereocenters. The van der Waals surface area contributed by atoms with E-state index >= 15 is 0 Å². The average Bonchev–Trinajstić information content (AvgIpc) is 2.46. The van der Waals surface area contributed by atoms with Crippen LogP contribution in [0.15, 0.2) is 52.4 Å². The van der Waals surface area contributed by atoms with Crippen LogP contribution in [0.1, 0.15) is 29.5 Å². The Hall–Kier alpha value is -2.05. The van der Waals surface area contributed by atoms with E-state index < -0.39 is 0 Å². The van der Waals surface area contributed by atoms with Gasteiger partial charge in [-0.25, -0.2) is 0 Å². The Balaban J connectivity index is 2.32. The molecular weight excluding hydrogens is 252 g/mol. The Kier molecular flexibility index (Phi) is 4.03. The van der Waals surface area contributed by atoms with E-state index in [1.807, 2.05) is 42.5 Å². The van der Waals surface area contributed by atoms with Crippen LogP contribution in [0.25, 0.3) is 0 Å². The van der Waals surface area contributed by atoms with Crippen molar-refractivity contribution in [2.75, 3.05) is 0 Å². The third-order valence-corrected chi connectivity index (χ3v) is 3.57. The standard InChI is InChI=1S/C16H14N2S/c1-11(13-5-3-12(10-17)4-6-13)14-7-8-15(18-2)16(19)9-14/h3-9,11,19H,2H2,1H3. The summed E-state index contributed by atoms with van der Waals surface area (Å²) >= 11 is 4.41. The van der Waals surface area contributed by atoms with Crippen LogP contribution in [0.2, 0.25) is 0 Å². The number of nitrogens with zero attached hydrogens (tertiary/aromatic N) is 2. The molecule has 0 aromatic heterocycles. The predicted molar refractivity (Wildman–Crippen MR) is 81.6 cm³/mol. The molecule has 0 aliphatic carbocycles. The summed E-state index contributed by atoms with van der Waals surface area (Å²) in [6, 6.07) is 15.7. The van der Waals surface area contributed by atoms with Crippen molar-refractivity contribution in [1.82, 2.24) is 0 Å². The van der Waals surface area contributed by atoms with Gasteiger partial charge in [-0.3, -0.25) is 4.99 Å². The Morgan fingerprint density at radius 2 is 1.79 bits per heavy atom. The van der Waals surface area contributed by atoms with Gasteiger partial charge in [0.2, 0.25) is 0 Å². The molecule has 2 aromatic carbocycles. The Bertz CT molecular complexity index is 639. The van der Waals surface area contributed by atoms with Crippen LogP contribution < -0.4 is 0 Å². The first-order valence-electron chi connectivity index (χ1n) is 5.95. The fourth-order valence-corrected chi connectivity index (χ4v) is 2.28. The zero-order valence-corrected chi connectivity index (χ0v) is 11.6. The molecule has 2 nitrogen and oxygen atoms in total. The maximum absolute atomic E-state index is 8.80. The zero-order valence-electron chi connectivity index (χ0n) is 10.7. The molecule has 94 valence electrons. The molecule has 0 spiro atoms. The van der Waals surface area contributed by atoms with Crippen LogP contribution in [0.5, 0.6) is 0 Å². The number of benzene rings is 2. The topological polar surface area (TPSA) is 36.1 Å². The van der Waals surface area contributed by atoms with Gasteiger partial charge in [-0.05, 0) is 42.1 Å². The molecule has 0 saturated heterocycles. The smallest absolute Gasteiger partial charge is 0.0991 e. The molecule has 0 radical (unpaired) electrons. The summed E-state index contributed by atoms with van der Waals surface area (Å²) in [4.78, 5) is 4.73. The molecule has 2 rings (SSSR count). The van der Waals surface area contributed by atoms with Crippen molar-refractivity contribution in [2.45, 2.75) is 17.7 Å². The average molecular weight is 266 g/mol. The van der Waals surface area contributed by atoms with Gasteiger partial charge in [0.05, 0.1) is 17.3 Å². The van der Waals surface area contributed by atoms with Gasteiger partial charge in [0.25, 0.3) is 0 Å². The minimum absolute atomic E-state index is 0.248. The van der Waals surface area contributed by atoms with Crippen molar-refractivity contribution in [3.8, 4) is 6.07 Å². The largest absolute Gasteiger partial charge is 0.264 e. The second-order valence-corrected chi connectivity index (χ2v) is 4.84. The van der Waals surface area contributed by atoms with E-state index in [0.29, 0.717) is 5.56 Å². The van der Waals surface area contributed by atoms with Gasteiger partial charge in [0.15, 0.2) is 0 Å². The van der Waals surface area contributed by atoms with Crippen LogP contribution in [0, 0.1) is 11.3 Å². The van der Waals surface area contributed by atoms with E-state index in [1.54, 1.807) is 0 Å². The summed E-state index contributed by atoms with van der Waals surface area (Å²) in [5.74, 6) is 0.248. The van der Waals surface area contributed by atoms with Gasteiger partial charge >= 0.3 is 0 Å². The van der Waals surface area contributed by atoms with Crippen molar-refractivity contribution in [2.24, 2.45) is 4.99 Å². The van der Waals surface area contributed by atoms with E-state index in [9.17, 15) is 0 Å². The molecule has 2 aromatic rings. The van der Waals surface area contributed by atoms with Gasteiger partial charge in [0.1, 0.15) is 0 Å². The first kappa shape index (κ1) is 13.4. The lowest BCUT2D eigenvalue weighted by Crippen LogP contribution is -1.96. The van der Waals surface area contributed by atoms with Crippen LogP contribution in [0.3, 0.4) is 0 Å². The van der Waals surface area contributed by atoms with Crippen LogP contribution in [-0.2, 0) is 0 Å². The fraction of sp³-hybridized carbons (Fsp3) is 0.125. The molecule has 0 fully saturated rings. The zero-order chi connectivity index (χ0) is 13.8. The van der Waals surface area contributed by atoms with Crippen molar-refractivity contribution < 1.29 is 0 Å². The number of thiol groups is 1. The lowest BCUT2D eigenvalue weighted by Gasteiger charge is -2.13. The van der Waals surface area contributed by atoms with E-state index in [1.165, 1.54) is 11.1 Å². The summed E-state index contributed by atoms with van der Waals surface area (Å²) in [7, 11) is 0. The van der Waals surface area contributed by atoms with E-state index in [4.69, 9.17) is 5.26 Å². The van der Waals surface area contributed by atoms with Crippen molar-refractivity contribution in [3.63, 3.8) is 0 Å². The fourth-order valence-electron chi connectivity index (χ4n) is 1.98. The van der Waals surface area contributed by atoms with Crippen LogP contribution in [0.4, 0.5) is 5.69 Å². The quantitative estimate of drug-likeness (QED) is 0.651.